The van der Waals surface area contributed by atoms with Gasteiger partial charge in [-0.1, -0.05) is 41.9 Å². The maximum absolute atomic E-state index is 12.2. The number of halogens is 1. The summed E-state index contributed by atoms with van der Waals surface area (Å²) >= 11 is 5.89. The largest absolute Gasteiger partial charge is 0.445 e. The molecule has 0 fully saturated rings. The van der Waals surface area contributed by atoms with Crippen LogP contribution in [0.2, 0.25) is 5.02 Å². The first-order valence-electron chi connectivity index (χ1n) is 8.77. The SMILES string of the molecule is Cc1c(Cl)c(=O)oc2cc(OC(=O)[C@H](C)NC(=O)OCc3ccccc3)ccc12. The Morgan fingerprint density at radius 1 is 1.17 bits per heavy atom. The highest BCUT2D eigenvalue weighted by Gasteiger charge is 2.19. The van der Waals surface area contributed by atoms with Gasteiger partial charge >= 0.3 is 17.7 Å². The van der Waals surface area contributed by atoms with Gasteiger partial charge in [-0.2, -0.15) is 0 Å². The molecule has 0 aliphatic heterocycles. The first-order valence-corrected chi connectivity index (χ1v) is 9.15. The summed E-state index contributed by atoms with van der Waals surface area (Å²) in [5, 5.41) is 3.04. The molecule has 7 nitrogen and oxygen atoms in total. The van der Waals surface area contributed by atoms with Crippen molar-refractivity contribution in [1.29, 1.82) is 0 Å². The van der Waals surface area contributed by atoms with Crippen molar-refractivity contribution in [2.45, 2.75) is 26.5 Å². The van der Waals surface area contributed by atoms with Crippen molar-refractivity contribution in [3.05, 3.63) is 75.1 Å². The molecule has 1 N–H and O–H groups in total. The Hall–Kier alpha value is -3.32. The van der Waals surface area contributed by atoms with Crippen molar-refractivity contribution in [2.24, 2.45) is 0 Å². The predicted octanol–water partition coefficient (Wildman–Crippen LogP) is 3.98. The molecule has 29 heavy (non-hydrogen) atoms. The minimum absolute atomic E-state index is 0.00841. The zero-order valence-electron chi connectivity index (χ0n) is 15.7. The second-order valence-corrected chi connectivity index (χ2v) is 6.71. The number of rotatable bonds is 5. The van der Waals surface area contributed by atoms with Gasteiger partial charge in [-0.05, 0) is 37.1 Å². The van der Waals surface area contributed by atoms with Gasteiger partial charge in [0.15, 0.2) is 0 Å². The molecular weight excluding hydrogens is 398 g/mol. The fraction of sp³-hybridized carbons (Fsp3) is 0.190. The van der Waals surface area contributed by atoms with E-state index in [0.717, 1.165) is 5.56 Å². The number of aryl methyl sites for hydroxylation is 1. The maximum atomic E-state index is 12.2. The van der Waals surface area contributed by atoms with Gasteiger partial charge in [-0.25, -0.2) is 14.4 Å². The maximum Gasteiger partial charge on any atom is 0.408 e. The third-order valence-corrected chi connectivity index (χ3v) is 4.63. The number of hydrogen-bond donors (Lipinski definition) is 1. The third-order valence-electron chi connectivity index (χ3n) is 4.19. The van der Waals surface area contributed by atoms with Gasteiger partial charge in [0.2, 0.25) is 0 Å². The molecule has 0 saturated heterocycles. The van der Waals surface area contributed by atoms with Crippen LogP contribution in [0.3, 0.4) is 0 Å². The van der Waals surface area contributed by atoms with Crippen molar-refractivity contribution < 1.29 is 23.5 Å². The number of amides is 1. The molecule has 1 heterocycles. The molecule has 3 rings (SSSR count). The summed E-state index contributed by atoms with van der Waals surface area (Å²) in [6, 6.07) is 12.8. The number of carbonyl (C=O) groups is 2. The van der Waals surface area contributed by atoms with E-state index in [9.17, 15) is 14.4 Å². The van der Waals surface area contributed by atoms with Crippen LogP contribution in [0.1, 0.15) is 18.1 Å². The molecule has 0 radical (unpaired) electrons. The quantitative estimate of drug-likeness (QED) is 0.385. The fourth-order valence-electron chi connectivity index (χ4n) is 2.58. The van der Waals surface area contributed by atoms with Gasteiger partial charge < -0.3 is 19.2 Å². The third kappa shape index (κ3) is 4.94. The molecule has 1 atom stereocenters. The molecule has 0 spiro atoms. The Morgan fingerprint density at radius 2 is 1.90 bits per heavy atom. The molecule has 3 aromatic rings. The van der Waals surface area contributed by atoms with Gasteiger partial charge in [0, 0.05) is 11.5 Å². The molecule has 0 bridgehead atoms. The molecule has 150 valence electrons. The summed E-state index contributed by atoms with van der Waals surface area (Å²) in [5.41, 5.74) is 0.972. The number of ether oxygens (including phenoxy) is 2. The van der Waals surface area contributed by atoms with Crippen LogP contribution in [-0.4, -0.2) is 18.1 Å². The smallest absolute Gasteiger partial charge is 0.408 e. The number of benzene rings is 2. The van der Waals surface area contributed by atoms with E-state index in [4.69, 9.17) is 25.5 Å². The Kier molecular flexibility index (Phi) is 6.19. The lowest BCUT2D eigenvalue weighted by atomic mass is 10.1. The number of esters is 1. The average molecular weight is 416 g/mol. The van der Waals surface area contributed by atoms with E-state index in [2.05, 4.69) is 5.32 Å². The number of alkyl carbamates (subject to hydrolysis) is 1. The van der Waals surface area contributed by atoms with E-state index < -0.39 is 23.7 Å². The van der Waals surface area contributed by atoms with Crippen LogP contribution in [0, 0.1) is 6.92 Å². The van der Waals surface area contributed by atoms with Gasteiger partial charge in [0.25, 0.3) is 0 Å². The van der Waals surface area contributed by atoms with Crippen LogP contribution < -0.4 is 15.7 Å². The monoisotopic (exact) mass is 415 g/mol. The van der Waals surface area contributed by atoms with Crippen LogP contribution in [0.15, 0.2) is 57.7 Å². The van der Waals surface area contributed by atoms with E-state index in [1.165, 1.54) is 13.0 Å². The van der Waals surface area contributed by atoms with E-state index in [1.54, 1.807) is 19.1 Å². The van der Waals surface area contributed by atoms with Crippen molar-refractivity contribution >= 4 is 34.6 Å². The van der Waals surface area contributed by atoms with Crippen molar-refractivity contribution in [2.75, 3.05) is 0 Å². The minimum atomic E-state index is -0.951. The number of nitrogens with one attached hydrogen (secondary N) is 1. The molecule has 0 saturated carbocycles. The number of fused-ring (bicyclic) bond motifs is 1. The van der Waals surface area contributed by atoms with E-state index in [-0.39, 0.29) is 23.0 Å². The standard InChI is InChI=1S/C21H18ClNO6/c1-12-16-9-8-15(10-17(16)29-20(25)18(12)22)28-19(24)13(2)23-21(26)27-11-14-6-4-3-5-7-14/h3-10,13H,11H2,1-2H3,(H,23,26)/t13-/m0/s1. The topological polar surface area (TPSA) is 94.8 Å². The highest BCUT2D eigenvalue weighted by atomic mass is 35.5. The molecule has 2 aromatic carbocycles. The Bertz CT molecular complexity index is 1110. The normalized spacial score (nSPS) is 11.7. The molecule has 0 unspecified atom stereocenters. The Morgan fingerprint density at radius 3 is 2.62 bits per heavy atom. The van der Waals surface area contributed by atoms with Crippen LogP contribution >= 0.6 is 11.6 Å². The minimum Gasteiger partial charge on any atom is -0.445 e. The summed E-state index contributed by atoms with van der Waals surface area (Å²) in [6.45, 7) is 3.25. The van der Waals surface area contributed by atoms with E-state index in [0.29, 0.717) is 10.9 Å². The predicted molar refractivity (Wildman–Crippen MR) is 107 cm³/mol. The zero-order valence-corrected chi connectivity index (χ0v) is 16.5. The molecular formula is C21H18ClNO6. The van der Waals surface area contributed by atoms with Crippen LogP contribution in [0.5, 0.6) is 5.75 Å². The summed E-state index contributed by atoms with van der Waals surface area (Å²) in [5.74, 6) is -0.535. The fourth-order valence-corrected chi connectivity index (χ4v) is 2.72. The lowest BCUT2D eigenvalue weighted by Crippen LogP contribution is -2.41. The number of carbonyl (C=O) groups excluding carboxylic acids is 2. The summed E-state index contributed by atoms with van der Waals surface area (Å²) < 4.78 is 15.5. The van der Waals surface area contributed by atoms with E-state index in [1.807, 2.05) is 30.3 Å². The lowest BCUT2D eigenvalue weighted by Gasteiger charge is -2.14. The number of hydrogen-bond acceptors (Lipinski definition) is 6. The van der Waals surface area contributed by atoms with Gasteiger partial charge in [-0.3, -0.25) is 0 Å². The first-order chi connectivity index (χ1) is 13.8. The molecule has 1 amide bonds. The van der Waals surface area contributed by atoms with Crippen LogP contribution in [-0.2, 0) is 16.1 Å². The van der Waals surface area contributed by atoms with Crippen molar-refractivity contribution in [1.82, 2.24) is 5.32 Å². The second-order valence-electron chi connectivity index (χ2n) is 6.34. The van der Waals surface area contributed by atoms with Gasteiger partial charge in [0.05, 0.1) is 0 Å². The van der Waals surface area contributed by atoms with Crippen molar-refractivity contribution in [3.8, 4) is 5.75 Å². The van der Waals surface area contributed by atoms with Crippen LogP contribution in [0.4, 0.5) is 4.79 Å². The first kappa shape index (κ1) is 20.4. The second kappa shape index (κ2) is 8.79. The Labute approximate surface area is 171 Å². The summed E-state index contributed by atoms with van der Waals surface area (Å²) in [7, 11) is 0. The highest BCUT2D eigenvalue weighted by Crippen LogP contribution is 2.26. The molecule has 0 aliphatic carbocycles. The Balaban J connectivity index is 1.61. The molecule has 1 aromatic heterocycles. The van der Waals surface area contributed by atoms with Gasteiger partial charge in [0.1, 0.15) is 29.0 Å². The molecule has 8 heteroatoms. The lowest BCUT2D eigenvalue weighted by molar-refractivity contribution is -0.136. The average Bonchev–Trinajstić information content (AvgIpc) is 2.71. The van der Waals surface area contributed by atoms with E-state index >= 15 is 0 Å². The molecule has 0 aliphatic rings. The summed E-state index contributed by atoms with van der Waals surface area (Å²) in [4.78, 5) is 35.8. The highest BCUT2D eigenvalue weighted by molar-refractivity contribution is 6.31. The van der Waals surface area contributed by atoms with Crippen LogP contribution in [0.25, 0.3) is 11.0 Å². The van der Waals surface area contributed by atoms with Gasteiger partial charge in [-0.15, -0.1) is 0 Å². The van der Waals surface area contributed by atoms with Crippen molar-refractivity contribution in [3.63, 3.8) is 0 Å². The summed E-state index contributed by atoms with van der Waals surface area (Å²) in [6.07, 6.45) is -0.743. The zero-order chi connectivity index (χ0) is 21.0.